The van der Waals surface area contributed by atoms with Crippen molar-refractivity contribution < 1.29 is 0 Å². The third-order valence-corrected chi connectivity index (χ3v) is 3.82. The first-order valence-electron chi connectivity index (χ1n) is 7.21. The van der Waals surface area contributed by atoms with E-state index in [0.29, 0.717) is 10.7 Å². The molecule has 0 radical (unpaired) electrons. The van der Waals surface area contributed by atoms with E-state index in [1.54, 1.807) is 6.07 Å². The molecule has 0 saturated carbocycles. The highest BCUT2D eigenvalue weighted by Crippen LogP contribution is 2.31. The molecule has 0 unspecified atom stereocenters. The Labute approximate surface area is 134 Å². The number of fused-ring (bicyclic) bond motifs is 1. The molecule has 22 heavy (non-hydrogen) atoms. The fraction of sp³-hybridized carbons (Fsp3) is 0.235. The molecule has 0 atom stereocenters. The van der Waals surface area contributed by atoms with Gasteiger partial charge < -0.3 is 0 Å². The van der Waals surface area contributed by atoms with Crippen molar-refractivity contribution in [1.82, 2.24) is 9.38 Å². The smallest absolute Gasteiger partial charge is 0.183 e. The molecule has 0 saturated heterocycles. The Bertz CT molecular complexity index is 849. The van der Waals surface area contributed by atoms with Crippen LogP contribution in [0.1, 0.15) is 31.0 Å². The molecule has 5 heteroatoms. The first kappa shape index (κ1) is 14.7. The quantitative estimate of drug-likeness (QED) is 0.560. The monoisotopic (exact) mass is 312 g/mol. The number of imidazole rings is 1. The molecule has 112 valence electrons. The highest BCUT2D eigenvalue weighted by atomic mass is 35.5. The molecule has 0 aliphatic carbocycles. The van der Waals surface area contributed by atoms with E-state index in [1.165, 1.54) is 0 Å². The molecular weight excluding hydrogens is 296 g/mol. The molecule has 3 rings (SSSR count). The van der Waals surface area contributed by atoms with Crippen LogP contribution in [0, 0.1) is 6.92 Å². The second-order valence-corrected chi connectivity index (χ2v) is 5.92. The van der Waals surface area contributed by atoms with E-state index in [9.17, 15) is 0 Å². The predicted octanol–water partition coefficient (Wildman–Crippen LogP) is 5.83. The maximum Gasteiger partial charge on any atom is 0.183 e. The van der Waals surface area contributed by atoms with Crippen LogP contribution in [0.4, 0.5) is 11.5 Å². The van der Waals surface area contributed by atoms with Gasteiger partial charge in [-0.2, -0.15) is 0 Å². The average molecular weight is 313 g/mol. The maximum atomic E-state index is 6.13. The third kappa shape index (κ3) is 2.62. The summed E-state index contributed by atoms with van der Waals surface area (Å²) in [6.07, 6.45) is 1.96. The van der Waals surface area contributed by atoms with Crippen molar-refractivity contribution in [2.45, 2.75) is 26.7 Å². The molecule has 0 N–H and O–H groups in total. The van der Waals surface area contributed by atoms with E-state index in [1.807, 2.05) is 47.9 Å². The lowest BCUT2D eigenvalue weighted by atomic mass is 10.1. The second-order valence-electron chi connectivity index (χ2n) is 5.51. The van der Waals surface area contributed by atoms with Crippen LogP contribution in [-0.4, -0.2) is 9.38 Å². The van der Waals surface area contributed by atoms with E-state index in [-0.39, 0.29) is 5.92 Å². The zero-order chi connectivity index (χ0) is 15.7. The van der Waals surface area contributed by atoms with E-state index in [4.69, 9.17) is 16.6 Å². The number of aryl methyl sites for hydroxylation is 1. The summed E-state index contributed by atoms with van der Waals surface area (Å²) >= 11 is 6.13. The van der Waals surface area contributed by atoms with Crippen LogP contribution in [0.5, 0.6) is 0 Å². The molecule has 2 aromatic heterocycles. The highest BCUT2D eigenvalue weighted by Gasteiger charge is 2.16. The van der Waals surface area contributed by atoms with Gasteiger partial charge in [0.15, 0.2) is 5.82 Å². The maximum absolute atomic E-state index is 6.13. The van der Waals surface area contributed by atoms with Gasteiger partial charge in [-0.3, -0.25) is 4.40 Å². The van der Waals surface area contributed by atoms with Gasteiger partial charge in [0.2, 0.25) is 0 Å². The molecule has 1 aromatic carbocycles. The topological polar surface area (TPSA) is 42.0 Å². The van der Waals surface area contributed by atoms with Crippen molar-refractivity contribution in [3.05, 3.63) is 58.9 Å². The highest BCUT2D eigenvalue weighted by molar-refractivity contribution is 6.32. The SMILES string of the molecule is Cc1cccn2c(N=Nc3ccccc3Cl)c(C(C)C)nc12. The number of hydrogen-bond donors (Lipinski definition) is 0. The molecular formula is C17H17ClN4. The number of nitrogens with zero attached hydrogens (tertiary/aromatic N) is 4. The van der Waals surface area contributed by atoms with Crippen molar-refractivity contribution in [3.63, 3.8) is 0 Å². The van der Waals surface area contributed by atoms with Gasteiger partial charge >= 0.3 is 0 Å². The van der Waals surface area contributed by atoms with Crippen molar-refractivity contribution >= 4 is 28.8 Å². The summed E-state index contributed by atoms with van der Waals surface area (Å²) in [6, 6.07) is 11.4. The lowest BCUT2D eigenvalue weighted by Crippen LogP contribution is -1.87. The number of rotatable bonds is 3. The summed E-state index contributed by atoms with van der Waals surface area (Å²) < 4.78 is 1.98. The Balaban J connectivity index is 2.15. The fourth-order valence-electron chi connectivity index (χ4n) is 2.33. The van der Waals surface area contributed by atoms with E-state index in [0.717, 1.165) is 22.7 Å². The first-order valence-corrected chi connectivity index (χ1v) is 7.59. The van der Waals surface area contributed by atoms with Gasteiger partial charge in [0.1, 0.15) is 11.3 Å². The molecule has 0 amide bonds. The minimum absolute atomic E-state index is 0.263. The summed E-state index contributed by atoms with van der Waals surface area (Å²) in [5.41, 5.74) is 3.62. The molecule has 0 aliphatic rings. The minimum Gasteiger partial charge on any atom is -0.283 e. The van der Waals surface area contributed by atoms with Crippen LogP contribution in [-0.2, 0) is 0 Å². The van der Waals surface area contributed by atoms with E-state index >= 15 is 0 Å². The van der Waals surface area contributed by atoms with Crippen molar-refractivity contribution in [2.75, 3.05) is 0 Å². The van der Waals surface area contributed by atoms with Crippen LogP contribution >= 0.6 is 11.6 Å². The van der Waals surface area contributed by atoms with E-state index in [2.05, 4.69) is 24.1 Å². The van der Waals surface area contributed by atoms with Gasteiger partial charge in [-0.25, -0.2) is 4.98 Å². The normalized spacial score (nSPS) is 11.9. The standard InChI is InChI=1S/C17H17ClN4/c1-11(2)15-17(21-20-14-9-5-4-8-13(14)18)22-10-6-7-12(3)16(22)19-15/h4-11H,1-3H3. The van der Waals surface area contributed by atoms with Crippen LogP contribution in [0.15, 0.2) is 52.8 Å². The summed E-state index contributed by atoms with van der Waals surface area (Å²) in [6.45, 7) is 6.25. The lowest BCUT2D eigenvalue weighted by Gasteiger charge is -2.02. The third-order valence-electron chi connectivity index (χ3n) is 3.50. The first-order chi connectivity index (χ1) is 10.6. The minimum atomic E-state index is 0.263. The van der Waals surface area contributed by atoms with Crippen molar-refractivity contribution in [2.24, 2.45) is 10.2 Å². The van der Waals surface area contributed by atoms with Gasteiger partial charge in [-0.05, 0) is 36.6 Å². The summed E-state index contributed by atoms with van der Waals surface area (Å²) in [4.78, 5) is 4.72. The molecule has 4 nitrogen and oxygen atoms in total. The molecule has 0 aliphatic heterocycles. The summed E-state index contributed by atoms with van der Waals surface area (Å²) in [5, 5.41) is 9.32. The Morgan fingerprint density at radius 2 is 1.86 bits per heavy atom. The largest absolute Gasteiger partial charge is 0.283 e. The number of pyridine rings is 1. The lowest BCUT2D eigenvalue weighted by molar-refractivity contribution is 0.831. The van der Waals surface area contributed by atoms with Crippen LogP contribution in [0.2, 0.25) is 5.02 Å². The molecule has 0 spiro atoms. The average Bonchev–Trinajstić information content (AvgIpc) is 2.87. The summed E-state index contributed by atoms with van der Waals surface area (Å²) in [5.74, 6) is 1.02. The number of azo groups is 1. The van der Waals surface area contributed by atoms with Gasteiger partial charge in [-0.15, -0.1) is 10.2 Å². The zero-order valence-electron chi connectivity index (χ0n) is 12.8. The van der Waals surface area contributed by atoms with Gasteiger partial charge in [0.05, 0.1) is 10.7 Å². The van der Waals surface area contributed by atoms with Gasteiger partial charge in [0, 0.05) is 6.20 Å². The number of benzene rings is 1. The number of hydrogen-bond acceptors (Lipinski definition) is 3. The van der Waals surface area contributed by atoms with Crippen molar-refractivity contribution in [1.29, 1.82) is 0 Å². The Kier molecular flexibility index (Phi) is 3.94. The second kappa shape index (κ2) is 5.89. The number of halogens is 1. The molecule has 0 bridgehead atoms. The molecule has 0 fully saturated rings. The predicted molar refractivity (Wildman–Crippen MR) is 89.6 cm³/mol. The fourth-order valence-corrected chi connectivity index (χ4v) is 2.50. The molecule has 2 heterocycles. The Morgan fingerprint density at radius 1 is 1.09 bits per heavy atom. The van der Waals surface area contributed by atoms with Crippen molar-refractivity contribution in [3.8, 4) is 0 Å². The summed E-state index contributed by atoms with van der Waals surface area (Å²) in [7, 11) is 0. The van der Waals surface area contributed by atoms with Crippen LogP contribution in [0.3, 0.4) is 0 Å². The van der Waals surface area contributed by atoms with Gasteiger partial charge in [-0.1, -0.05) is 43.6 Å². The van der Waals surface area contributed by atoms with Crippen LogP contribution in [0.25, 0.3) is 5.65 Å². The van der Waals surface area contributed by atoms with Gasteiger partial charge in [0.25, 0.3) is 0 Å². The number of aromatic nitrogens is 2. The Morgan fingerprint density at radius 3 is 2.59 bits per heavy atom. The zero-order valence-corrected chi connectivity index (χ0v) is 13.5. The Hall–Kier alpha value is -2.20. The molecule has 3 aromatic rings. The van der Waals surface area contributed by atoms with Crippen LogP contribution < -0.4 is 0 Å². The van der Waals surface area contributed by atoms with E-state index < -0.39 is 0 Å².